The van der Waals surface area contributed by atoms with Gasteiger partial charge in [0.2, 0.25) is 10.0 Å². The van der Waals surface area contributed by atoms with E-state index in [0.717, 1.165) is 4.47 Å². The van der Waals surface area contributed by atoms with Crippen molar-refractivity contribution < 1.29 is 13.2 Å². The molecule has 0 aliphatic carbocycles. The van der Waals surface area contributed by atoms with Crippen molar-refractivity contribution in [2.24, 2.45) is 5.14 Å². The lowest BCUT2D eigenvalue weighted by Gasteiger charge is -2.14. The molecule has 0 saturated heterocycles. The number of fused-ring (bicyclic) bond motifs is 1. The molecule has 0 radical (unpaired) electrons. The van der Waals surface area contributed by atoms with E-state index in [1.165, 1.54) is 0 Å². The Hall–Kier alpha value is -0.590. The Morgan fingerprint density at radius 2 is 2.19 bits per heavy atom. The summed E-state index contributed by atoms with van der Waals surface area (Å²) in [5, 5.41) is 4.58. The largest absolute Gasteiger partial charge is 0.493 e. The van der Waals surface area contributed by atoms with E-state index in [0.29, 0.717) is 30.8 Å². The molecule has 0 fully saturated rings. The predicted molar refractivity (Wildman–Crippen MR) is 64.7 cm³/mol. The van der Waals surface area contributed by atoms with E-state index in [-0.39, 0.29) is 0 Å². The molecule has 0 aromatic heterocycles. The van der Waals surface area contributed by atoms with Crippen LogP contribution in [-0.2, 0) is 10.0 Å². The molecule has 6 heteroatoms. The van der Waals surface area contributed by atoms with Crippen LogP contribution in [-0.4, -0.2) is 15.0 Å². The first kappa shape index (κ1) is 11.9. The SMILES string of the molecule is NS(=O)(=O)C1CCCOc2cc(Br)ccc21. The lowest BCUT2D eigenvalue weighted by Crippen LogP contribution is -2.21. The summed E-state index contributed by atoms with van der Waals surface area (Å²) in [6, 6.07) is 5.32. The van der Waals surface area contributed by atoms with Crippen LogP contribution in [0.5, 0.6) is 5.75 Å². The Morgan fingerprint density at radius 1 is 1.44 bits per heavy atom. The molecule has 1 aromatic carbocycles. The zero-order chi connectivity index (χ0) is 11.8. The summed E-state index contributed by atoms with van der Waals surface area (Å²) in [6.45, 7) is 0.523. The first-order valence-electron chi connectivity index (χ1n) is 4.92. The van der Waals surface area contributed by atoms with Crippen LogP contribution in [0, 0.1) is 0 Å². The van der Waals surface area contributed by atoms with Crippen LogP contribution in [0.1, 0.15) is 23.7 Å². The minimum atomic E-state index is -3.57. The van der Waals surface area contributed by atoms with Gasteiger partial charge < -0.3 is 4.74 Å². The van der Waals surface area contributed by atoms with Crippen LogP contribution in [0.2, 0.25) is 0 Å². The number of ether oxygens (including phenoxy) is 1. The molecule has 1 heterocycles. The molecule has 0 amide bonds. The first-order chi connectivity index (χ1) is 7.48. The molecular formula is C10H12BrNO3S. The van der Waals surface area contributed by atoms with Crippen molar-refractivity contribution >= 4 is 26.0 Å². The van der Waals surface area contributed by atoms with Gasteiger partial charge in [0.05, 0.1) is 6.61 Å². The third-order valence-electron chi connectivity index (χ3n) is 2.59. The van der Waals surface area contributed by atoms with Gasteiger partial charge >= 0.3 is 0 Å². The Labute approximate surface area is 103 Å². The summed E-state index contributed by atoms with van der Waals surface area (Å²) >= 11 is 3.33. The molecule has 1 unspecified atom stereocenters. The van der Waals surface area contributed by atoms with Gasteiger partial charge in [0.15, 0.2) is 0 Å². The van der Waals surface area contributed by atoms with Crippen molar-refractivity contribution in [3.63, 3.8) is 0 Å². The maximum atomic E-state index is 11.5. The third kappa shape index (κ3) is 2.39. The van der Waals surface area contributed by atoms with Crippen molar-refractivity contribution in [2.45, 2.75) is 18.1 Å². The molecule has 0 bridgehead atoms. The second kappa shape index (κ2) is 4.35. The van der Waals surface area contributed by atoms with Gasteiger partial charge in [0.25, 0.3) is 0 Å². The first-order valence-corrected chi connectivity index (χ1v) is 7.32. The molecule has 16 heavy (non-hydrogen) atoms. The maximum Gasteiger partial charge on any atom is 0.216 e. The number of hydrogen-bond donors (Lipinski definition) is 1. The van der Waals surface area contributed by atoms with Crippen LogP contribution in [0.15, 0.2) is 22.7 Å². The lowest BCUT2D eigenvalue weighted by molar-refractivity contribution is 0.316. The molecule has 0 saturated carbocycles. The molecule has 1 aromatic rings. The number of nitrogens with two attached hydrogens (primary N) is 1. The van der Waals surface area contributed by atoms with Gasteiger partial charge in [-0.2, -0.15) is 0 Å². The monoisotopic (exact) mass is 305 g/mol. The summed E-state index contributed by atoms with van der Waals surface area (Å²) in [6.07, 6.45) is 1.20. The summed E-state index contributed by atoms with van der Waals surface area (Å²) in [5.41, 5.74) is 0.656. The number of hydrogen-bond acceptors (Lipinski definition) is 3. The van der Waals surface area contributed by atoms with E-state index in [1.54, 1.807) is 18.2 Å². The zero-order valence-corrected chi connectivity index (χ0v) is 10.9. The Bertz CT molecular complexity index is 501. The van der Waals surface area contributed by atoms with Crippen LogP contribution in [0.25, 0.3) is 0 Å². The van der Waals surface area contributed by atoms with Gasteiger partial charge in [-0.15, -0.1) is 0 Å². The molecule has 1 aliphatic rings. The van der Waals surface area contributed by atoms with Crippen molar-refractivity contribution in [3.05, 3.63) is 28.2 Å². The van der Waals surface area contributed by atoms with Crippen molar-refractivity contribution in [3.8, 4) is 5.75 Å². The highest BCUT2D eigenvalue weighted by Gasteiger charge is 2.28. The normalized spacial score (nSPS) is 20.8. The summed E-state index contributed by atoms with van der Waals surface area (Å²) in [4.78, 5) is 0. The quantitative estimate of drug-likeness (QED) is 0.862. The molecule has 88 valence electrons. The van der Waals surface area contributed by atoms with Crippen molar-refractivity contribution in [2.75, 3.05) is 6.61 Å². The summed E-state index contributed by atoms with van der Waals surface area (Å²) in [5.74, 6) is 0.603. The lowest BCUT2D eigenvalue weighted by atomic mass is 10.1. The minimum Gasteiger partial charge on any atom is -0.493 e. The fraction of sp³-hybridized carbons (Fsp3) is 0.400. The number of sulfonamides is 1. The summed E-state index contributed by atoms with van der Waals surface area (Å²) in [7, 11) is -3.57. The summed E-state index contributed by atoms with van der Waals surface area (Å²) < 4.78 is 29.4. The van der Waals surface area contributed by atoms with E-state index in [1.807, 2.05) is 0 Å². The van der Waals surface area contributed by atoms with E-state index in [9.17, 15) is 8.42 Å². The van der Waals surface area contributed by atoms with Gasteiger partial charge in [-0.3, -0.25) is 0 Å². The zero-order valence-electron chi connectivity index (χ0n) is 8.52. The van der Waals surface area contributed by atoms with Crippen LogP contribution in [0.4, 0.5) is 0 Å². The van der Waals surface area contributed by atoms with Gasteiger partial charge in [-0.05, 0) is 25.0 Å². The standard InChI is InChI=1S/C10H12BrNO3S/c11-7-3-4-8-9(6-7)15-5-1-2-10(8)16(12,13)14/h3-4,6,10H,1-2,5H2,(H2,12,13,14). The molecule has 2 rings (SSSR count). The molecule has 4 nitrogen and oxygen atoms in total. The van der Waals surface area contributed by atoms with E-state index in [4.69, 9.17) is 9.88 Å². The fourth-order valence-corrected chi connectivity index (χ4v) is 3.23. The number of halogens is 1. The van der Waals surface area contributed by atoms with Crippen molar-refractivity contribution in [1.82, 2.24) is 0 Å². The van der Waals surface area contributed by atoms with Gasteiger partial charge in [0.1, 0.15) is 11.0 Å². The second-order valence-corrected chi connectivity index (χ2v) is 6.41. The second-order valence-electron chi connectivity index (χ2n) is 3.75. The molecule has 1 atom stereocenters. The number of benzene rings is 1. The average molecular weight is 306 g/mol. The average Bonchev–Trinajstić information content (AvgIpc) is 2.38. The molecule has 2 N–H and O–H groups in total. The topological polar surface area (TPSA) is 69.4 Å². The van der Waals surface area contributed by atoms with Crippen LogP contribution >= 0.6 is 15.9 Å². The Balaban J connectivity index is 2.53. The highest BCUT2D eigenvalue weighted by molar-refractivity contribution is 9.10. The molecule has 0 spiro atoms. The molecule has 1 aliphatic heterocycles. The van der Waals surface area contributed by atoms with Gasteiger partial charge in [-0.25, -0.2) is 13.6 Å². The van der Waals surface area contributed by atoms with E-state index < -0.39 is 15.3 Å². The van der Waals surface area contributed by atoms with Crippen LogP contribution < -0.4 is 9.88 Å². The fourth-order valence-electron chi connectivity index (χ4n) is 1.85. The number of primary sulfonamides is 1. The third-order valence-corrected chi connectivity index (χ3v) is 4.36. The Kier molecular flexibility index (Phi) is 3.23. The highest BCUT2D eigenvalue weighted by atomic mass is 79.9. The number of rotatable bonds is 1. The van der Waals surface area contributed by atoms with Gasteiger partial charge in [-0.1, -0.05) is 22.0 Å². The van der Waals surface area contributed by atoms with E-state index >= 15 is 0 Å². The smallest absolute Gasteiger partial charge is 0.216 e. The Morgan fingerprint density at radius 3 is 2.88 bits per heavy atom. The van der Waals surface area contributed by atoms with Crippen LogP contribution in [0.3, 0.4) is 0 Å². The van der Waals surface area contributed by atoms with E-state index in [2.05, 4.69) is 15.9 Å². The maximum absolute atomic E-state index is 11.5. The van der Waals surface area contributed by atoms with Gasteiger partial charge in [0, 0.05) is 10.0 Å². The predicted octanol–water partition coefficient (Wildman–Crippen LogP) is 1.95. The highest BCUT2D eigenvalue weighted by Crippen LogP contribution is 2.37. The minimum absolute atomic E-state index is 0.507. The van der Waals surface area contributed by atoms with Crippen molar-refractivity contribution in [1.29, 1.82) is 0 Å². The molecular weight excluding hydrogens is 294 g/mol.